The average Bonchev–Trinajstić information content (AvgIpc) is 2.35. The summed E-state index contributed by atoms with van der Waals surface area (Å²) in [4.78, 5) is 15.3. The summed E-state index contributed by atoms with van der Waals surface area (Å²) in [5.41, 5.74) is 6.56. The fourth-order valence-corrected chi connectivity index (χ4v) is 1.25. The monoisotopic (exact) mass is 234 g/mol. The number of amides is 1. The van der Waals surface area contributed by atoms with Crippen molar-refractivity contribution in [3.05, 3.63) is 35.9 Å². The number of nitrogens with two attached hydrogens (primary N) is 1. The zero-order valence-electron chi connectivity index (χ0n) is 9.94. The normalized spacial score (nSPS) is 11.0. The Labute approximate surface area is 101 Å². The maximum atomic E-state index is 11.4. The first kappa shape index (κ1) is 13.0. The molecule has 0 radical (unpaired) electrons. The largest absolute Gasteiger partial charge is 0.370 e. The lowest BCUT2D eigenvalue weighted by Crippen LogP contribution is -2.33. The number of aliphatic imine (C=N–C) groups is 1. The lowest BCUT2D eigenvalue weighted by atomic mass is 10.2. The van der Waals surface area contributed by atoms with E-state index in [9.17, 15) is 4.79 Å². The van der Waals surface area contributed by atoms with Gasteiger partial charge in [0.25, 0.3) is 0 Å². The zero-order valence-corrected chi connectivity index (χ0v) is 9.94. The molecular weight excluding hydrogens is 216 g/mol. The Morgan fingerprint density at radius 3 is 2.65 bits per heavy atom. The van der Waals surface area contributed by atoms with E-state index in [0.717, 1.165) is 5.56 Å². The Bertz CT molecular complexity index is 375. The van der Waals surface area contributed by atoms with Crippen LogP contribution in [0.15, 0.2) is 35.3 Å². The highest BCUT2D eigenvalue weighted by atomic mass is 16.1. The highest BCUT2D eigenvalue weighted by Crippen LogP contribution is 1.96. The molecule has 0 unspecified atom stereocenters. The maximum Gasteiger partial charge on any atom is 0.242 e. The van der Waals surface area contributed by atoms with Crippen LogP contribution in [0.5, 0.6) is 0 Å². The Hall–Kier alpha value is -2.04. The zero-order chi connectivity index (χ0) is 12.5. The fraction of sp³-hybridized carbons (Fsp3) is 0.333. The summed E-state index contributed by atoms with van der Waals surface area (Å²) in [6.07, 6.45) is 0. The summed E-state index contributed by atoms with van der Waals surface area (Å²) >= 11 is 0. The molecule has 1 aromatic rings. The van der Waals surface area contributed by atoms with Crippen LogP contribution in [-0.2, 0) is 11.3 Å². The first-order valence-corrected chi connectivity index (χ1v) is 5.56. The van der Waals surface area contributed by atoms with Gasteiger partial charge in [-0.15, -0.1) is 0 Å². The van der Waals surface area contributed by atoms with Crippen molar-refractivity contribution in [2.45, 2.75) is 13.5 Å². The van der Waals surface area contributed by atoms with E-state index in [2.05, 4.69) is 15.6 Å². The molecule has 0 aromatic heterocycles. The molecular formula is C12H18N4O. The Balaban J connectivity index is 2.29. The molecule has 0 fully saturated rings. The van der Waals surface area contributed by atoms with Crippen LogP contribution in [-0.4, -0.2) is 25.0 Å². The number of benzene rings is 1. The van der Waals surface area contributed by atoms with Crippen molar-refractivity contribution in [2.75, 3.05) is 13.1 Å². The molecule has 1 rings (SSSR count). The smallest absolute Gasteiger partial charge is 0.242 e. The van der Waals surface area contributed by atoms with Crippen LogP contribution in [0, 0.1) is 0 Å². The molecule has 92 valence electrons. The molecule has 5 heteroatoms. The SMILES string of the molecule is CCNC(N)=NCC(=O)NCc1ccccc1. The minimum Gasteiger partial charge on any atom is -0.370 e. The maximum absolute atomic E-state index is 11.4. The quantitative estimate of drug-likeness (QED) is 0.504. The molecule has 0 aliphatic carbocycles. The third-order valence-electron chi connectivity index (χ3n) is 2.08. The van der Waals surface area contributed by atoms with Crippen molar-refractivity contribution < 1.29 is 4.79 Å². The van der Waals surface area contributed by atoms with E-state index in [1.807, 2.05) is 37.3 Å². The van der Waals surface area contributed by atoms with Gasteiger partial charge in [0.1, 0.15) is 6.54 Å². The first-order chi connectivity index (χ1) is 8.22. The lowest BCUT2D eigenvalue weighted by Gasteiger charge is -2.04. The molecule has 0 spiro atoms. The van der Waals surface area contributed by atoms with Crippen LogP contribution in [0.3, 0.4) is 0 Å². The molecule has 17 heavy (non-hydrogen) atoms. The molecule has 0 aliphatic rings. The summed E-state index contributed by atoms with van der Waals surface area (Å²) < 4.78 is 0. The number of guanidine groups is 1. The number of rotatable bonds is 5. The van der Waals surface area contributed by atoms with Gasteiger partial charge in [0.05, 0.1) is 0 Å². The highest BCUT2D eigenvalue weighted by molar-refractivity contribution is 5.83. The van der Waals surface area contributed by atoms with Gasteiger partial charge in [0.2, 0.25) is 5.91 Å². The van der Waals surface area contributed by atoms with Gasteiger partial charge in [-0.3, -0.25) is 4.79 Å². The second-order valence-corrected chi connectivity index (χ2v) is 3.49. The molecule has 1 aromatic carbocycles. The van der Waals surface area contributed by atoms with Gasteiger partial charge in [0, 0.05) is 13.1 Å². The lowest BCUT2D eigenvalue weighted by molar-refractivity contribution is -0.119. The Kier molecular flexibility index (Phi) is 5.57. The van der Waals surface area contributed by atoms with Gasteiger partial charge in [-0.25, -0.2) is 4.99 Å². The van der Waals surface area contributed by atoms with Gasteiger partial charge in [-0.05, 0) is 12.5 Å². The van der Waals surface area contributed by atoms with Crippen molar-refractivity contribution >= 4 is 11.9 Å². The number of carbonyl (C=O) groups is 1. The number of nitrogens with zero attached hydrogens (tertiary/aromatic N) is 1. The molecule has 0 heterocycles. The van der Waals surface area contributed by atoms with Crippen LogP contribution >= 0.6 is 0 Å². The summed E-state index contributed by atoms with van der Waals surface area (Å²) in [6.45, 7) is 3.17. The van der Waals surface area contributed by atoms with Crippen LogP contribution in [0.25, 0.3) is 0 Å². The Morgan fingerprint density at radius 1 is 1.29 bits per heavy atom. The molecule has 4 N–H and O–H groups in total. The van der Waals surface area contributed by atoms with Gasteiger partial charge in [0.15, 0.2) is 5.96 Å². The van der Waals surface area contributed by atoms with Crippen LogP contribution < -0.4 is 16.4 Å². The number of carbonyl (C=O) groups excluding carboxylic acids is 1. The standard InChI is InChI=1S/C12H18N4O/c1-2-14-12(13)16-9-11(17)15-8-10-6-4-3-5-7-10/h3-7H,2,8-9H2,1H3,(H,15,17)(H3,13,14,16). The summed E-state index contributed by atoms with van der Waals surface area (Å²) in [6, 6.07) is 9.71. The van der Waals surface area contributed by atoms with Crippen molar-refractivity contribution in [3.63, 3.8) is 0 Å². The second-order valence-electron chi connectivity index (χ2n) is 3.49. The van der Waals surface area contributed by atoms with Gasteiger partial charge < -0.3 is 16.4 Å². The van der Waals surface area contributed by atoms with Crippen LogP contribution in [0.4, 0.5) is 0 Å². The van der Waals surface area contributed by atoms with E-state index in [1.54, 1.807) is 0 Å². The van der Waals surface area contributed by atoms with Crippen molar-refractivity contribution in [2.24, 2.45) is 10.7 Å². The van der Waals surface area contributed by atoms with Gasteiger partial charge >= 0.3 is 0 Å². The van der Waals surface area contributed by atoms with Crippen molar-refractivity contribution in [3.8, 4) is 0 Å². The third kappa shape index (κ3) is 5.55. The minimum absolute atomic E-state index is 0.0473. The molecule has 0 atom stereocenters. The van der Waals surface area contributed by atoms with Crippen LogP contribution in [0.1, 0.15) is 12.5 Å². The predicted octanol–water partition coefficient (Wildman–Crippen LogP) is 0.227. The highest BCUT2D eigenvalue weighted by Gasteiger charge is 1.99. The second kappa shape index (κ2) is 7.27. The topological polar surface area (TPSA) is 79.5 Å². The molecule has 0 saturated heterocycles. The van der Waals surface area contributed by atoms with E-state index in [1.165, 1.54) is 0 Å². The van der Waals surface area contributed by atoms with Gasteiger partial charge in [-0.1, -0.05) is 30.3 Å². The molecule has 0 saturated carbocycles. The Morgan fingerprint density at radius 2 is 2.00 bits per heavy atom. The summed E-state index contributed by atoms with van der Waals surface area (Å²) in [7, 11) is 0. The van der Waals surface area contributed by atoms with E-state index < -0.39 is 0 Å². The van der Waals surface area contributed by atoms with Crippen molar-refractivity contribution in [1.29, 1.82) is 0 Å². The van der Waals surface area contributed by atoms with E-state index in [0.29, 0.717) is 19.0 Å². The van der Waals surface area contributed by atoms with E-state index in [4.69, 9.17) is 5.73 Å². The molecule has 5 nitrogen and oxygen atoms in total. The van der Waals surface area contributed by atoms with E-state index in [-0.39, 0.29) is 12.5 Å². The van der Waals surface area contributed by atoms with Crippen LogP contribution in [0.2, 0.25) is 0 Å². The molecule has 0 bridgehead atoms. The minimum atomic E-state index is -0.144. The third-order valence-corrected chi connectivity index (χ3v) is 2.08. The summed E-state index contributed by atoms with van der Waals surface area (Å²) in [5, 5.41) is 5.59. The summed E-state index contributed by atoms with van der Waals surface area (Å²) in [5.74, 6) is 0.150. The molecule has 1 amide bonds. The predicted molar refractivity (Wildman–Crippen MR) is 68.5 cm³/mol. The van der Waals surface area contributed by atoms with Gasteiger partial charge in [-0.2, -0.15) is 0 Å². The number of hydrogen-bond acceptors (Lipinski definition) is 2. The van der Waals surface area contributed by atoms with Crippen molar-refractivity contribution in [1.82, 2.24) is 10.6 Å². The number of hydrogen-bond donors (Lipinski definition) is 3. The number of nitrogens with one attached hydrogen (secondary N) is 2. The van der Waals surface area contributed by atoms with E-state index >= 15 is 0 Å². The fourth-order valence-electron chi connectivity index (χ4n) is 1.25. The average molecular weight is 234 g/mol. The first-order valence-electron chi connectivity index (χ1n) is 5.56. The molecule has 0 aliphatic heterocycles.